The van der Waals surface area contributed by atoms with Crippen molar-refractivity contribution in [3.8, 4) is 0 Å². The van der Waals surface area contributed by atoms with Crippen LogP contribution in [0.15, 0.2) is 12.4 Å². The lowest BCUT2D eigenvalue weighted by Gasteiger charge is -2.37. The largest absolute Gasteiger partial charge is 0.481 e. The molecule has 0 unspecified atom stereocenters. The van der Waals surface area contributed by atoms with Gasteiger partial charge in [0.2, 0.25) is 0 Å². The highest BCUT2D eigenvalue weighted by Crippen LogP contribution is 2.30. The molecule has 92 valence electrons. The molecular formula is C9H8F3N3O2. The zero-order valence-electron chi connectivity index (χ0n) is 8.48. The van der Waals surface area contributed by atoms with Crippen molar-refractivity contribution >= 4 is 11.8 Å². The molecule has 0 amide bonds. The van der Waals surface area contributed by atoms with Gasteiger partial charge < -0.3 is 10.0 Å². The number of aliphatic carboxylic acids is 1. The minimum atomic E-state index is -4.52. The highest BCUT2D eigenvalue weighted by Gasteiger charge is 2.36. The third-order valence-corrected chi connectivity index (χ3v) is 2.50. The van der Waals surface area contributed by atoms with Crippen LogP contribution in [0.3, 0.4) is 0 Å². The van der Waals surface area contributed by atoms with Crippen molar-refractivity contribution in [1.29, 1.82) is 0 Å². The zero-order chi connectivity index (χ0) is 12.6. The fourth-order valence-electron chi connectivity index (χ4n) is 1.50. The number of alkyl halides is 3. The smallest absolute Gasteiger partial charge is 0.433 e. The lowest BCUT2D eigenvalue weighted by Crippen LogP contribution is -2.50. The van der Waals surface area contributed by atoms with Crippen LogP contribution in [0.2, 0.25) is 0 Å². The fraction of sp³-hybridized carbons (Fsp3) is 0.444. The van der Waals surface area contributed by atoms with E-state index in [0.29, 0.717) is 0 Å². The van der Waals surface area contributed by atoms with Crippen molar-refractivity contribution < 1.29 is 23.1 Å². The second-order valence-electron chi connectivity index (χ2n) is 3.70. The van der Waals surface area contributed by atoms with E-state index in [1.807, 2.05) is 0 Å². The molecule has 1 aromatic rings. The van der Waals surface area contributed by atoms with E-state index in [2.05, 4.69) is 9.97 Å². The molecule has 5 nitrogen and oxygen atoms in total. The quantitative estimate of drug-likeness (QED) is 0.845. The zero-order valence-corrected chi connectivity index (χ0v) is 8.48. The monoisotopic (exact) mass is 247 g/mol. The van der Waals surface area contributed by atoms with Crippen molar-refractivity contribution in [3.63, 3.8) is 0 Å². The molecule has 8 heteroatoms. The third-order valence-electron chi connectivity index (χ3n) is 2.50. The summed E-state index contributed by atoms with van der Waals surface area (Å²) in [7, 11) is 0. The minimum Gasteiger partial charge on any atom is -0.481 e. The summed E-state index contributed by atoms with van der Waals surface area (Å²) >= 11 is 0. The van der Waals surface area contributed by atoms with Crippen molar-refractivity contribution in [3.05, 3.63) is 18.1 Å². The van der Waals surface area contributed by atoms with Crippen molar-refractivity contribution in [2.24, 2.45) is 5.92 Å². The Kier molecular flexibility index (Phi) is 2.64. The van der Waals surface area contributed by atoms with E-state index in [4.69, 9.17) is 5.11 Å². The Hall–Kier alpha value is -1.86. The summed E-state index contributed by atoms with van der Waals surface area (Å²) in [6.45, 7) is 0.341. The van der Waals surface area contributed by atoms with Crippen molar-refractivity contribution in [2.75, 3.05) is 18.0 Å². The van der Waals surface area contributed by atoms with Gasteiger partial charge in [-0.3, -0.25) is 4.79 Å². The van der Waals surface area contributed by atoms with Crippen LogP contribution in [0.25, 0.3) is 0 Å². The molecule has 1 aliphatic heterocycles. The Morgan fingerprint density at radius 2 is 2.06 bits per heavy atom. The predicted octanol–water partition coefficient (Wildman–Crippen LogP) is 1.02. The summed E-state index contributed by atoms with van der Waals surface area (Å²) in [4.78, 5) is 18.8. The maximum atomic E-state index is 12.4. The molecule has 1 aliphatic rings. The number of rotatable bonds is 2. The van der Waals surface area contributed by atoms with Gasteiger partial charge in [0, 0.05) is 19.2 Å². The van der Waals surface area contributed by atoms with E-state index in [9.17, 15) is 18.0 Å². The van der Waals surface area contributed by atoms with E-state index < -0.39 is 23.8 Å². The molecule has 2 heterocycles. The van der Waals surface area contributed by atoms with E-state index in [0.717, 1.165) is 12.4 Å². The molecule has 1 fully saturated rings. The average molecular weight is 247 g/mol. The van der Waals surface area contributed by atoms with E-state index in [1.165, 1.54) is 4.90 Å². The highest BCUT2D eigenvalue weighted by atomic mass is 19.4. The number of hydrogen-bond acceptors (Lipinski definition) is 4. The summed E-state index contributed by atoms with van der Waals surface area (Å²) in [5, 5.41) is 8.64. The van der Waals surface area contributed by atoms with Gasteiger partial charge in [-0.1, -0.05) is 0 Å². The molecule has 1 N–H and O–H groups in total. The first-order valence-electron chi connectivity index (χ1n) is 4.75. The number of carboxylic acid groups (broad SMARTS) is 1. The van der Waals surface area contributed by atoms with E-state index >= 15 is 0 Å². The van der Waals surface area contributed by atoms with Gasteiger partial charge in [-0.25, -0.2) is 9.97 Å². The van der Waals surface area contributed by atoms with Gasteiger partial charge in [0.05, 0.1) is 5.92 Å². The van der Waals surface area contributed by atoms with Crippen LogP contribution in [-0.2, 0) is 11.0 Å². The van der Waals surface area contributed by atoms with Crippen LogP contribution in [0.5, 0.6) is 0 Å². The van der Waals surface area contributed by atoms with Gasteiger partial charge >= 0.3 is 12.1 Å². The molecule has 1 saturated heterocycles. The maximum Gasteiger partial charge on any atom is 0.433 e. The summed E-state index contributed by atoms with van der Waals surface area (Å²) in [6, 6.07) is 0.818. The van der Waals surface area contributed by atoms with Crippen LogP contribution in [0.1, 0.15) is 5.69 Å². The van der Waals surface area contributed by atoms with Gasteiger partial charge in [0.15, 0.2) is 0 Å². The molecular weight excluding hydrogens is 239 g/mol. The first kappa shape index (κ1) is 11.6. The maximum absolute atomic E-state index is 12.4. The normalized spacial score (nSPS) is 16.8. The van der Waals surface area contributed by atoms with Gasteiger partial charge in [0.1, 0.15) is 17.8 Å². The number of halogens is 3. The van der Waals surface area contributed by atoms with Crippen LogP contribution >= 0.6 is 0 Å². The predicted molar refractivity (Wildman–Crippen MR) is 50.4 cm³/mol. The Labute approximate surface area is 93.9 Å². The van der Waals surface area contributed by atoms with Gasteiger partial charge in [-0.15, -0.1) is 0 Å². The molecule has 1 aromatic heterocycles. The summed E-state index contributed by atoms with van der Waals surface area (Å²) < 4.78 is 37.1. The molecule has 0 spiro atoms. The Bertz CT molecular complexity index is 443. The Morgan fingerprint density at radius 1 is 1.41 bits per heavy atom. The molecule has 0 aliphatic carbocycles. The summed E-state index contributed by atoms with van der Waals surface area (Å²) in [5.74, 6) is -1.39. The lowest BCUT2D eigenvalue weighted by molar-refractivity contribution is -0.143. The van der Waals surface area contributed by atoms with Crippen LogP contribution in [0, 0.1) is 5.92 Å². The van der Waals surface area contributed by atoms with Crippen molar-refractivity contribution in [1.82, 2.24) is 9.97 Å². The van der Waals surface area contributed by atoms with Crippen molar-refractivity contribution in [2.45, 2.75) is 6.18 Å². The first-order chi connectivity index (χ1) is 7.88. The molecule has 0 atom stereocenters. The second-order valence-corrected chi connectivity index (χ2v) is 3.70. The number of anilines is 1. The lowest BCUT2D eigenvalue weighted by atomic mass is 10.0. The second kappa shape index (κ2) is 3.86. The number of nitrogens with zero attached hydrogens (tertiary/aromatic N) is 3. The molecule has 2 rings (SSSR count). The Balaban J connectivity index is 2.11. The average Bonchev–Trinajstić information content (AvgIpc) is 2.13. The number of carbonyl (C=O) groups is 1. The fourth-order valence-corrected chi connectivity index (χ4v) is 1.50. The van der Waals surface area contributed by atoms with Crippen LogP contribution < -0.4 is 4.90 Å². The van der Waals surface area contributed by atoms with E-state index in [-0.39, 0.29) is 18.9 Å². The SMILES string of the molecule is O=C(O)C1CN(c2cc(C(F)(F)F)ncn2)C1. The van der Waals surface area contributed by atoms with Gasteiger partial charge in [0.25, 0.3) is 0 Å². The minimum absolute atomic E-state index is 0.102. The van der Waals surface area contributed by atoms with Gasteiger partial charge in [-0.2, -0.15) is 13.2 Å². The molecule has 0 radical (unpaired) electrons. The summed E-state index contributed by atoms with van der Waals surface area (Å²) in [5.41, 5.74) is -1.03. The summed E-state index contributed by atoms with van der Waals surface area (Å²) in [6.07, 6.45) is -3.69. The Morgan fingerprint density at radius 3 is 2.59 bits per heavy atom. The topological polar surface area (TPSA) is 66.3 Å². The first-order valence-corrected chi connectivity index (χ1v) is 4.75. The standard InChI is InChI=1S/C9H8F3N3O2/c10-9(11,12)6-1-7(14-4-13-6)15-2-5(3-15)8(16)17/h1,4-5H,2-3H2,(H,16,17). The third kappa shape index (κ3) is 2.29. The number of aromatic nitrogens is 2. The molecule has 17 heavy (non-hydrogen) atoms. The molecule has 0 bridgehead atoms. The van der Waals surface area contributed by atoms with Gasteiger partial charge in [-0.05, 0) is 0 Å². The highest BCUT2D eigenvalue weighted by molar-refractivity contribution is 5.74. The molecule has 0 saturated carbocycles. The van der Waals surface area contributed by atoms with Crippen LogP contribution in [0.4, 0.5) is 19.0 Å². The molecule has 0 aromatic carbocycles. The number of hydrogen-bond donors (Lipinski definition) is 1. The number of carboxylic acids is 1. The van der Waals surface area contributed by atoms with E-state index in [1.54, 1.807) is 0 Å². The van der Waals surface area contributed by atoms with Crippen LogP contribution in [-0.4, -0.2) is 34.1 Å².